The van der Waals surface area contributed by atoms with E-state index in [4.69, 9.17) is 5.73 Å². The number of hydrogen-bond acceptors (Lipinski definition) is 4. The average molecular weight is 257 g/mol. The van der Waals surface area contributed by atoms with E-state index in [-0.39, 0.29) is 5.54 Å². The van der Waals surface area contributed by atoms with Gasteiger partial charge in [-0.15, -0.1) is 0 Å². The molecule has 17 heavy (non-hydrogen) atoms. The van der Waals surface area contributed by atoms with E-state index < -0.39 is 0 Å². The Labute approximate surface area is 110 Å². The zero-order valence-electron chi connectivity index (χ0n) is 11.3. The topological polar surface area (TPSA) is 41.3 Å². The summed E-state index contributed by atoms with van der Waals surface area (Å²) < 4.78 is 0. The summed E-state index contributed by atoms with van der Waals surface area (Å²) in [6, 6.07) is 0. The van der Waals surface area contributed by atoms with E-state index >= 15 is 0 Å². The SMILES string of the molecule is CC1(C)CSCC(CN)(NN2CCCCC2)C1. The van der Waals surface area contributed by atoms with E-state index in [9.17, 15) is 0 Å². The Balaban J connectivity index is 1.97. The Bertz CT molecular complexity index is 251. The van der Waals surface area contributed by atoms with Crippen molar-refractivity contribution in [3.63, 3.8) is 0 Å². The molecule has 3 nitrogen and oxygen atoms in total. The molecule has 2 heterocycles. The van der Waals surface area contributed by atoms with Crippen molar-refractivity contribution in [3.05, 3.63) is 0 Å². The molecule has 3 N–H and O–H groups in total. The molecule has 2 aliphatic heterocycles. The lowest BCUT2D eigenvalue weighted by atomic mass is 9.80. The number of hydrazine groups is 1. The molecular weight excluding hydrogens is 230 g/mol. The van der Waals surface area contributed by atoms with Crippen LogP contribution < -0.4 is 11.2 Å². The highest BCUT2D eigenvalue weighted by Gasteiger charge is 2.40. The summed E-state index contributed by atoms with van der Waals surface area (Å²) in [6.45, 7) is 7.85. The van der Waals surface area contributed by atoms with Crippen LogP contribution in [0.4, 0.5) is 0 Å². The highest BCUT2D eigenvalue weighted by molar-refractivity contribution is 7.99. The van der Waals surface area contributed by atoms with Crippen molar-refractivity contribution in [2.24, 2.45) is 11.1 Å². The first-order valence-corrected chi connectivity index (χ1v) is 8.01. The Morgan fingerprint density at radius 1 is 1.18 bits per heavy atom. The Morgan fingerprint density at radius 3 is 2.47 bits per heavy atom. The summed E-state index contributed by atoms with van der Waals surface area (Å²) in [6.07, 6.45) is 5.22. The van der Waals surface area contributed by atoms with Gasteiger partial charge >= 0.3 is 0 Å². The highest BCUT2D eigenvalue weighted by Crippen LogP contribution is 2.39. The van der Waals surface area contributed by atoms with Gasteiger partial charge in [0.1, 0.15) is 0 Å². The van der Waals surface area contributed by atoms with Crippen LogP contribution in [0.1, 0.15) is 39.5 Å². The van der Waals surface area contributed by atoms with Crippen molar-refractivity contribution in [2.75, 3.05) is 31.1 Å². The molecule has 1 atom stereocenters. The van der Waals surface area contributed by atoms with E-state index in [2.05, 4.69) is 36.0 Å². The maximum Gasteiger partial charge on any atom is 0.0543 e. The highest BCUT2D eigenvalue weighted by atomic mass is 32.2. The first-order chi connectivity index (χ1) is 8.05. The van der Waals surface area contributed by atoms with Gasteiger partial charge in [-0.2, -0.15) is 11.8 Å². The molecular formula is C13H27N3S. The van der Waals surface area contributed by atoms with E-state index in [0.29, 0.717) is 5.41 Å². The van der Waals surface area contributed by atoms with Crippen LogP contribution >= 0.6 is 11.8 Å². The zero-order valence-corrected chi connectivity index (χ0v) is 12.1. The summed E-state index contributed by atoms with van der Waals surface area (Å²) in [5, 5.41) is 2.42. The number of thioether (sulfide) groups is 1. The second kappa shape index (κ2) is 5.47. The number of rotatable bonds is 3. The summed E-state index contributed by atoms with van der Waals surface area (Å²) in [7, 11) is 0. The molecule has 0 bridgehead atoms. The molecule has 0 aromatic carbocycles. The van der Waals surface area contributed by atoms with Crippen LogP contribution in [0.5, 0.6) is 0 Å². The smallest absolute Gasteiger partial charge is 0.0543 e. The fourth-order valence-corrected chi connectivity index (χ4v) is 4.56. The first kappa shape index (κ1) is 13.7. The minimum atomic E-state index is 0.129. The normalized spacial score (nSPS) is 34.8. The standard InChI is InChI=1S/C13H27N3S/c1-12(2)8-13(9-14,11-17-10-12)15-16-6-4-3-5-7-16/h15H,3-11,14H2,1-2H3. The quantitative estimate of drug-likeness (QED) is 0.809. The lowest BCUT2D eigenvalue weighted by Crippen LogP contribution is -2.63. The number of nitrogens with zero attached hydrogens (tertiary/aromatic N) is 1. The maximum atomic E-state index is 6.07. The van der Waals surface area contributed by atoms with Gasteiger partial charge in [0.2, 0.25) is 0 Å². The third-order valence-corrected chi connectivity index (χ3v) is 5.57. The van der Waals surface area contributed by atoms with Crippen LogP contribution in [-0.2, 0) is 0 Å². The van der Waals surface area contributed by atoms with Gasteiger partial charge in [-0.3, -0.25) is 0 Å². The number of nitrogens with one attached hydrogen (secondary N) is 1. The largest absolute Gasteiger partial charge is 0.329 e. The van der Waals surface area contributed by atoms with Gasteiger partial charge in [0.15, 0.2) is 0 Å². The molecule has 0 aromatic rings. The lowest BCUT2D eigenvalue weighted by molar-refractivity contribution is 0.0688. The lowest BCUT2D eigenvalue weighted by Gasteiger charge is -2.47. The Morgan fingerprint density at radius 2 is 1.88 bits per heavy atom. The monoisotopic (exact) mass is 257 g/mol. The van der Waals surface area contributed by atoms with Gasteiger partial charge in [0.05, 0.1) is 5.54 Å². The maximum absolute atomic E-state index is 6.07. The first-order valence-electron chi connectivity index (χ1n) is 6.86. The van der Waals surface area contributed by atoms with Crippen LogP contribution in [0.25, 0.3) is 0 Å². The second-order valence-corrected chi connectivity index (χ2v) is 7.46. The van der Waals surface area contributed by atoms with Crippen molar-refractivity contribution < 1.29 is 0 Å². The van der Waals surface area contributed by atoms with Gasteiger partial charge in [-0.1, -0.05) is 20.3 Å². The van der Waals surface area contributed by atoms with Crippen LogP contribution in [0.2, 0.25) is 0 Å². The van der Waals surface area contributed by atoms with E-state index in [1.807, 2.05) is 0 Å². The van der Waals surface area contributed by atoms with Gasteiger partial charge in [-0.05, 0) is 30.4 Å². The summed E-state index contributed by atoms with van der Waals surface area (Å²) in [4.78, 5) is 0. The van der Waals surface area contributed by atoms with E-state index in [1.165, 1.54) is 44.5 Å². The second-order valence-electron chi connectivity index (χ2n) is 6.48. The molecule has 2 saturated heterocycles. The molecule has 2 aliphatic rings. The minimum absolute atomic E-state index is 0.129. The molecule has 0 spiro atoms. The van der Waals surface area contributed by atoms with Gasteiger partial charge in [0.25, 0.3) is 0 Å². The predicted molar refractivity (Wildman–Crippen MR) is 76.1 cm³/mol. The van der Waals surface area contributed by atoms with Crippen LogP contribution in [0.15, 0.2) is 0 Å². The average Bonchev–Trinajstić information content (AvgIpc) is 2.29. The van der Waals surface area contributed by atoms with E-state index in [1.54, 1.807) is 0 Å². The third-order valence-electron chi connectivity index (χ3n) is 3.83. The summed E-state index contributed by atoms with van der Waals surface area (Å²) in [5.41, 5.74) is 10.4. The van der Waals surface area contributed by atoms with Crippen LogP contribution in [0, 0.1) is 5.41 Å². The molecule has 2 rings (SSSR count). The van der Waals surface area contributed by atoms with Gasteiger partial charge in [0, 0.05) is 25.4 Å². The predicted octanol–water partition coefficient (Wildman–Crippen LogP) is 1.84. The van der Waals surface area contributed by atoms with Crippen molar-refractivity contribution in [2.45, 2.75) is 45.1 Å². The Hall–Kier alpha value is 0.230. The van der Waals surface area contributed by atoms with Crippen LogP contribution in [-0.4, -0.2) is 41.7 Å². The van der Waals surface area contributed by atoms with Crippen molar-refractivity contribution in [1.29, 1.82) is 0 Å². The summed E-state index contributed by atoms with van der Waals surface area (Å²) in [5.74, 6) is 2.42. The zero-order chi connectivity index (χ0) is 12.4. The molecule has 0 aromatic heterocycles. The molecule has 0 saturated carbocycles. The fourth-order valence-electron chi connectivity index (χ4n) is 3.13. The molecule has 100 valence electrons. The molecule has 0 amide bonds. The number of hydrogen-bond donors (Lipinski definition) is 2. The van der Waals surface area contributed by atoms with Crippen molar-refractivity contribution >= 4 is 11.8 Å². The third kappa shape index (κ3) is 3.60. The van der Waals surface area contributed by atoms with Gasteiger partial charge < -0.3 is 5.73 Å². The van der Waals surface area contributed by atoms with Gasteiger partial charge in [-0.25, -0.2) is 10.4 Å². The van der Waals surface area contributed by atoms with Crippen molar-refractivity contribution in [1.82, 2.24) is 10.4 Å². The minimum Gasteiger partial charge on any atom is -0.329 e. The van der Waals surface area contributed by atoms with Crippen molar-refractivity contribution in [3.8, 4) is 0 Å². The molecule has 2 fully saturated rings. The number of nitrogens with two attached hydrogens (primary N) is 1. The van der Waals surface area contributed by atoms with E-state index in [0.717, 1.165) is 12.3 Å². The fraction of sp³-hybridized carbons (Fsp3) is 1.00. The Kier molecular flexibility index (Phi) is 4.40. The van der Waals surface area contributed by atoms with Crippen LogP contribution in [0.3, 0.4) is 0 Å². The molecule has 0 radical (unpaired) electrons. The molecule has 0 aliphatic carbocycles. The molecule has 4 heteroatoms. The number of piperidine rings is 1. The summed E-state index contributed by atoms with van der Waals surface area (Å²) >= 11 is 2.05. The molecule has 1 unspecified atom stereocenters.